The molecule has 1 aliphatic rings. The van der Waals surface area contributed by atoms with Gasteiger partial charge in [0.05, 0.1) is 0 Å². The van der Waals surface area contributed by atoms with Crippen LogP contribution in [0.15, 0.2) is 18.2 Å². The van der Waals surface area contributed by atoms with Gasteiger partial charge in [-0.15, -0.1) is 0 Å². The summed E-state index contributed by atoms with van der Waals surface area (Å²) in [5, 5.41) is 21.3. The molecule has 2 atom stereocenters. The molecule has 0 aliphatic carbocycles. The summed E-state index contributed by atoms with van der Waals surface area (Å²) in [7, 11) is 0. The van der Waals surface area contributed by atoms with Crippen molar-refractivity contribution in [3.05, 3.63) is 23.8 Å². The Morgan fingerprint density at radius 3 is 2.50 bits per heavy atom. The van der Waals surface area contributed by atoms with Gasteiger partial charge in [-0.2, -0.15) is 0 Å². The van der Waals surface area contributed by atoms with Crippen LogP contribution in [0.3, 0.4) is 0 Å². The molecule has 1 saturated heterocycles. The van der Waals surface area contributed by atoms with E-state index >= 15 is 0 Å². The summed E-state index contributed by atoms with van der Waals surface area (Å²) in [6, 6.07) is 5.76. The van der Waals surface area contributed by atoms with Crippen LogP contribution in [0.5, 0.6) is 11.5 Å². The molecule has 1 aromatic rings. The molecule has 0 radical (unpaired) electrons. The normalized spacial score (nSPS) is 25.2. The lowest BCUT2D eigenvalue weighted by molar-refractivity contribution is 0.0433. The first kappa shape index (κ1) is 13.2. The number of nitrogens with one attached hydrogen (secondary N) is 1. The van der Waals surface area contributed by atoms with Crippen molar-refractivity contribution in [1.29, 1.82) is 0 Å². The van der Waals surface area contributed by atoms with E-state index in [-0.39, 0.29) is 11.5 Å². The maximum atomic E-state index is 9.73. The summed E-state index contributed by atoms with van der Waals surface area (Å²) in [5.41, 5.74) is 4.19. The van der Waals surface area contributed by atoms with Gasteiger partial charge in [-0.1, -0.05) is 12.5 Å². The number of phenolic OH excluding ortho intramolecular Hbond substituents is 2. The minimum Gasteiger partial charge on any atom is -0.508 e. The molecule has 4 nitrogen and oxygen atoms in total. The van der Waals surface area contributed by atoms with Crippen LogP contribution in [0.1, 0.15) is 38.7 Å². The van der Waals surface area contributed by atoms with Crippen molar-refractivity contribution in [2.75, 3.05) is 0 Å². The van der Waals surface area contributed by atoms with Crippen LogP contribution < -0.4 is 5.43 Å². The minimum absolute atomic E-state index is 0.0935. The number of aromatic hydroxyl groups is 2. The molecule has 0 aromatic heterocycles. The Hall–Kier alpha value is -1.26. The first-order valence-electron chi connectivity index (χ1n) is 6.60. The third-order valence-electron chi connectivity index (χ3n) is 3.71. The zero-order valence-corrected chi connectivity index (χ0v) is 11.1. The number of phenols is 2. The van der Waals surface area contributed by atoms with Crippen LogP contribution in [-0.4, -0.2) is 27.3 Å². The van der Waals surface area contributed by atoms with Gasteiger partial charge >= 0.3 is 0 Å². The second-order valence-corrected chi connectivity index (χ2v) is 5.18. The van der Waals surface area contributed by atoms with E-state index in [0.717, 1.165) is 5.56 Å². The first-order valence-corrected chi connectivity index (χ1v) is 6.60. The molecule has 2 unspecified atom stereocenters. The highest BCUT2D eigenvalue weighted by Crippen LogP contribution is 2.24. The number of rotatable bonds is 3. The lowest BCUT2D eigenvalue weighted by atomic mass is 10.00. The second kappa shape index (κ2) is 5.59. The molecular weight excluding hydrogens is 228 g/mol. The van der Waals surface area contributed by atoms with Crippen LogP contribution >= 0.6 is 0 Å². The fourth-order valence-corrected chi connectivity index (χ4v) is 2.61. The molecule has 0 saturated carbocycles. The summed E-state index contributed by atoms with van der Waals surface area (Å²) in [4.78, 5) is 0. The number of benzene rings is 1. The van der Waals surface area contributed by atoms with E-state index in [0.29, 0.717) is 18.6 Å². The lowest BCUT2D eigenvalue weighted by Crippen LogP contribution is -2.51. The minimum atomic E-state index is 0.0935. The Morgan fingerprint density at radius 1 is 1.22 bits per heavy atom. The van der Waals surface area contributed by atoms with Gasteiger partial charge in [0, 0.05) is 30.3 Å². The number of piperidine rings is 1. The van der Waals surface area contributed by atoms with Crippen molar-refractivity contribution in [3.8, 4) is 11.5 Å². The van der Waals surface area contributed by atoms with Gasteiger partial charge in [0.1, 0.15) is 11.5 Å². The van der Waals surface area contributed by atoms with Gasteiger partial charge in [0.25, 0.3) is 0 Å². The van der Waals surface area contributed by atoms with Gasteiger partial charge in [-0.3, -0.25) is 5.43 Å². The quantitative estimate of drug-likeness (QED) is 0.771. The van der Waals surface area contributed by atoms with Crippen LogP contribution in [0, 0.1) is 0 Å². The molecule has 18 heavy (non-hydrogen) atoms. The predicted octanol–water partition coefficient (Wildman–Crippen LogP) is 2.37. The molecule has 3 N–H and O–H groups in total. The average molecular weight is 250 g/mol. The maximum Gasteiger partial charge on any atom is 0.123 e. The van der Waals surface area contributed by atoms with Gasteiger partial charge in [-0.25, -0.2) is 5.01 Å². The SMILES string of the molecule is CC1CCCC(C)N1NCc1ccc(O)cc1O. The van der Waals surface area contributed by atoms with E-state index in [1.54, 1.807) is 12.1 Å². The number of hydrogen-bond donors (Lipinski definition) is 3. The van der Waals surface area contributed by atoms with E-state index in [2.05, 4.69) is 24.3 Å². The van der Waals surface area contributed by atoms with Gasteiger partial charge in [0.15, 0.2) is 0 Å². The second-order valence-electron chi connectivity index (χ2n) is 5.18. The third-order valence-corrected chi connectivity index (χ3v) is 3.71. The largest absolute Gasteiger partial charge is 0.508 e. The fourth-order valence-electron chi connectivity index (χ4n) is 2.61. The molecular formula is C14H22N2O2. The average Bonchev–Trinajstić information content (AvgIpc) is 2.31. The highest BCUT2D eigenvalue weighted by Gasteiger charge is 2.24. The fraction of sp³-hybridized carbons (Fsp3) is 0.571. The van der Waals surface area contributed by atoms with E-state index in [4.69, 9.17) is 0 Å². The number of hydrazine groups is 1. The first-order chi connectivity index (χ1) is 8.58. The van der Waals surface area contributed by atoms with Crippen molar-refractivity contribution in [1.82, 2.24) is 10.4 Å². The highest BCUT2D eigenvalue weighted by molar-refractivity contribution is 5.38. The highest BCUT2D eigenvalue weighted by atomic mass is 16.3. The van der Waals surface area contributed by atoms with E-state index in [1.165, 1.54) is 25.3 Å². The van der Waals surface area contributed by atoms with Crippen LogP contribution in [0.2, 0.25) is 0 Å². The van der Waals surface area contributed by atoms with Gasteiger partial charge in [-0.05, 0) is 32.8 Å². The van der Waals surface area contributed by atoms with Crippen molar-refractivity contribution >= 4 is 0 Å². The van der Waals surface area contributed by atoms with Crippen molar-refractivity contribution in [2.24, 2.45) is 0 Å². The number of hydrogen-bond acceptors (Lipinski definition) is 4. The van der Waals surface area contributed by atoms with Crippen LogP contribution in [0.4, 0.5) is 0 Å². The zero-order valence-electron chi connectivity index (χ0n) is 11.1. The Balaban J connectivity index is 1.97. The molecule has 1 aromatic carbocycles. The monoisotopic (exact) mass is 250 g/mol. The molecule has 0 amide bonds. The molecule has 1 heterocycles. The number of nitrogens with zero attached hydrogens (tertiary/aromatic N) is 1. The maximum absolute atomic E-state index is 9.73. The summed E-state index contributed by atoms with van der Waals surface area (Å²) < 4.78 is 0. The predicted molar refractivity (Wildman–Crippen MR) is 71.2 cm³/mol. The molecule has 4 heteroatoms. The Kier molecular flexibility index (Phi) is 4.09. The lowest BCUT2D eigenvalue weighted by Gasteiger charge is -2.39. The van der Waals surface area contributed by atoms with E-state index in [1.807, 2.05) is 0 Å². The van der Waals surface area contributed by atoms with Crippen molar-refractivity contribution < 1.29 is 10.2 Å². The molecule has 0 bridgehead atoms. The van der Waals surface area contributed by atoms with Gasteiger partial charge in [0.2, 0.25) is 0 Å². The Labute approximate surface area is 108 Å². The summed E-state index contributed by atoms with van der Waals surface area (Å²) in [6.45, 7) is 5.03. The summed E-state index contributed by atoms with van der Waals surface area (Å²) in [5.74, 6) is 0.232. The molecule has 1 aliphatic heterocycles. The molecule has 1 fully saturated rings. The Bertz CT molecular complexity index is 399. The molecule has 2 rings (SSSR count). The van der Waals surface area contributed by atoms with Crippen molar-refractivity contribution in [2.45, 2.75) is 51.7 Å². The molecule has 100 valence electrons. The summed E-state index contributed by atoms with van der Waals surface area (Å²) in [6.07, 6.45) is 3.70. The van der Waals surface area contributed by atoms with E-state index < -0.39 is 0 Å². The van der Waals surface area contributed by atoms with E-state index in [9.17, 15) is 10.2 Å². The summed E-state index contributed by atoms with van der Waals surface area (Å²) >= 11 is 0. The zero-order chi connectivity index (χ0) is 13.1. The van der Waals surface area contributed by atoms with Crippen molar-refractivity contribution in [3.63, 3.8) is 0 Å². The smallest absolute Gasteiger partial charge is 0.123 e. The third kappa shape index (κ3) is 2.94. The Morgan fingerprint density at radius 2 is 1.89 bits per heavy atom. The molecule has 0 spiro atoms. The van der Waals surface area contributed by atoms with Crippen LogP contribution in [-0.2, 0) is 6.54 Å². The van der Waals surface area contributed by atoms with Crippen LogP contribution in [0.25, 0.3) is 0 Å². The van der Waals surface area contributed by atoms with Gasteiger partial charge < -0.3 is 10.2 Å². The topological polar surface area (TPSA) is 55.7 Å². The standard InChI is InChI=1S/C14H22N2O2/c1-10-4-3-5-11(2)16(10)15-9-12-6-7-13(17)8-14(12)18/h6-8,10-11,15,17-18H,3-5,9H2,1-2H3.